The number of hydrogen-bond acceptors (Lipinski definition) is 6. The van der Waals surface area contributed by atoms with E-state index in [2.05, 4.69) is 10.6 Å². The molecule has 0 fully saturated rings. The predicted octanol–water partition coefficient (Wildman–Crippen LogP) is 4.77. The molecule has 2 aliphatic rings. The van der Waals surface area contributed by atoms with Gasteiger partial charge in [0.1, 0.15) is 24.4 Å². The van der Waals surface area contributed by atoms with Gasteiger partial charge in [0, 0.05) is 18.0 Å². The van der Waals surface area contributed by atoms with Crippen molar-refractivity contribution in [3.8, 4) is 11.1 Å². The number of fused-ring (bicyclic) bond motifs is 3. The molecule has 2 aliphatic carbocycles. The molecule has 3 atom stereocenters. The van der Waals surface area contributed by atoms with Crippen molar-refractivity contribution >= 4 is 23.7 Å². The van der Waals surface area contributed by atoms with Crippen LogP contribution in [-0.4, -0.2) is 57.6 Å². The van der Waals surface area contributed by atoms with Crippen molar-refractivity contribution in [3.63, 3.8) is 0 Å². The molecule has 0 saturated carbocycles. The standard InChI is InChI=1S/C34H36N2O7/c37-30-13-3-1-2-8-18-34(30,42)20-31(38)35-23-16-14-22(15-17-23)19-29(32(39)40)36-33(41)43-21-28-26-11-6-4-9-24(26)25-10-5-7-12-27(25)28/h3-7,9-17,28-30,37,42H,1-2,8,18-21H2,(H,35,38)(H,36,41)(H,39,40)/b13-3+/t29-,30?,34?/m0/s1. The van der Waals surface area contributed by atoms with Crippen LogP contribution in [0, 0.1) is 0 Å². The predicted molar refractivity (Wildman–Crippen MR) is 162 cm³/mol. The van der Waals surface area contributed by atoms with Crippen molar-refractivity contribution < 1.29 is 34.4 Å². The molecule has 0 radical (unpaired) electrons. The molecule has 0 spiro atoms. The third kappa shape index (κ3) is 7.13. The number of carbonyl (C=O) groups is 3. The Kier molecular flexibility index (Phi) is 9.23. The minimum Gasteiger partial charge on any atom is -0.480 e. The van der Waals surface area contributed by atoms with Gasteiger partial charge in [-0.05, 0) is 59.2 Å². The Hall–Kier alpha value is -4.47. The molecular formula is C34H36N2O7. The Morgan fingerprint density at radius 2 is 1.58 bits per heavy atom. The van der Waals surface area contributed by atoms with Crippen LogP contribution in [-0.2, 0) is 20.7 Å². The van der Waals surface area contributed by atoms with Crippen LogP contribution in [0.3, 0.4) is 0 Å². The van der Waals surface area contributed by atoms with Gasteiger partial charge in [-0.2, -0.15) is 0 Å². The number of benzene rings is 3. The third-order valence-electron chi connectivity index (χ3n) is 8.18. The zero-order valence-corrected chi connectivity index (χ0v) is 23.7. The van der Waals surface area contributed by atoms with Gasteiger partial charge in [-0.3, -0.25) is 4.79 Å². The van der Waals surface area contributed by atoms with Crippen molar-refractivity contribution in [2.75, 3.05) is 11.9 Å². The first-order valence-electron chi connectivity index (χ1n) is 14.5. The number of rotatable bonds is 9. The topological polar surface area (TPSA) is 145 Å². The number of amides is 2. The van der Waals surface area contributed by atoms with Crippen LogP contribution in [0.1, 0.15) is 54.7 Å². The monoisotopic (exact) mass is 584 g/mol. The van der Waals surface area contributed by atoms with E-state index in [1.165, 1.54) is 6.08 Å². The molecule has 3 aromatic carbocycles. The Morgan fingerprint density at radius 3 is 2.23 bits per heavy atom. The summed E-state index contributed by atoms with van der Waals surface area (Å²) in [6, 6.07) is 21.3. The highest BCUT2D eigenvalue weighted by molar-refractivity contribution is 5.91. The average Bonchev–Trinajstić information content (AvgIpc) is 3.31. The highest BCUT2D eigenvalue weighted by Gasteiger charge is 2.36. The second-order valence-electron chi connectivity index (χ2n) is 11.2. The van der Waals surface area contributed by atoms with Gasteiger partial charge in [0.15, 0.2) is 0 Å². The minimum absolute atomic E-state index is 0.00599. The van der Waals surface area contributed by atoms with E-state index in [-0.39, 0.29) is 25.4 Å². The number of ether oxygens (including phenoxy) is 1. The first kappa shape index (κ1) is 30.0. The summed E-state index contributed by atoms with van der Waals surface area (Å²) in [6.45, 7) is 0.0725. The molecule has 2 amide bonds. The zero-order valence-electron chi connectivity index (χ0n) is 23.7. The van der Waals surface area contributed by atoms with E-state index in [0.29, 0.717) is 24.1 Å². The van der Waals surface area contributed by atoms with Gasteiger partial charge in [-0.25, -0.2) is 9.59 Å². The maximum atomic E-state index is 12.7. The smallest absolute Gasteiger partial charge is 0.407 e. The first-order chi connectivity index (χ1) is 20.7. The second-order valence-corrected chi connectivity index (χ2v) is 11.2. The average molecular weight is 585 g/mol. The molecular weight excluding hydrogens is 548 g/mol. The van der Waals surface area contributed by atoms with E-state index >= 15 is 0 Å². The van der Waals surface area contributed by atoms with Gasteiger partial charge in [-0.1, -0.05) is 79.2 Å². The van der Waals surface area contributed by atoms with E-state index in [0.717, 1.165) is 35.1 Å². The van der Waals surface area contributed by atoms with E-state index in [9.17, 15) is 29.7 Å². The summed E-state index contributed by atoms with van der Waals surface area (Å²) in [5.74, 6) is -1.79. The quantitative estimate of drug-likeness (QED) is 0.228. The van der Waals surface area contributed by atoms with Crippen LogP contribution >= 0.6 is 0 Å². The van der Waals surface area contributed by atoms with Crippen molar-refractivity contribution in [1.29, 1.82) is 0 Å². The van der Waals surface area contributed by atoms with Gasteiger partial charge in [0.25, 0.3) is 0 Å². The van der Waals surface area contributed by atoms with E-state index in [1.807, 2.05) is 54.6 Å². The lowest BCUT2D eigenvalue weighted by Gasteiger charge is -2.32. The number of aliphatic hydroxyl groups is 2. The van der Waals surface area contributed by atoms with E-state index in [1.54, 1.807) is 24.3 Å². The molecule has 3 aromatic rings. The number of nitrogens with one attached hydrogen (secondary N) is 2. The lowest BCUT2D eigenvalue weighted by Crippen LogP contribution is -2.44. The lowest BCUT2D eigenvalue weighted by molar-refractivity contribution is -0.139. The lowest BCUT2D eigenvalue weighted by atomic mass is 9.84. The number of aliphatic carboxylic acids is 1. The molecule has 9 nitrogen and oxygen atoms in total. The van der Waals surface area contributed by atoms with E-state index in [4.69, 9.17) is 4.74 Å². The Labute approximate surface area is 250 Å². The molecule has 5 rings (SSSR count). The number of carboxylic acids is 1. The highest BCUT2D eigenvalue weighted by Crippen LogP contribution is 2.44. The highest BCUT2D eigenvalue weighted by atomic mass is 16.5. The fraction of sp³-hybridized carbons (Fsp3) is 0.324. The minimum atomic E-state index is -1.54. The Bertz CT molecular complexity index is 1460. The molecule has 0 aliphatic heterocycles. The van der Waals surface area contributed by atoms with Gasteiger partial charge in [0.2, 0.25) is 5.91 Å². The molecule has 43 heavy (non-hydrogen) atoms. The number of aliphatic hydroxyl groups excluding tert-OH is 1. The number of alkyl carbamates (subject to hydrolysis) is 1. The van der Waals surface area contributed by atoms with Gasteiger partial charge in [0.05, 0.1) is 6.42 Å². The molecule has 9 heteroatoms. The van der Waals surface area contributed by atoms with Crippen molar-refractivity contribution in [3.05, 3.63) is 102 Å². The largest absolute Gasteiger partial charge is 0.480 e. The number of carbonyl (C=O) groups excluding carboxylic acids is 2. The molecule has 0 saturated heterocycles. The number of anilines is 1. The van der Waals surface area contributed by atoms with Crippen molar-refractivity contribution in [2.24, 2.45) is 0 Å². The Balaban J connectivity index is 1.15. The molecule has 2 unspecified atom stereocenters. The van der Waals surface area contributed by atoms with E-state index < -0.39 is 35.7 Å². The fourth-order valence-corrected chi connectivity index (χ4v) is 5.86. The summed E-state index contributed by atoms with van der Waals surface area (Å²) in [5, 5.41) is 36.2. The van der Waals surface area contributed by atoms with Crippen LogP contribution in [0.5, 0.6) is 0 Å². The maximum absolute atomic E-state index is 12.7. The number of allylic oxidation sites excluding steroid dienone is 1. The van der Waals surface area contributed by atoms with Crippen molar-refractivity contribution in [1.82, 2.24) is 5.32 Å². The second kappa shape index (κ2) is 13.2. The summed E-state index contributed by atoms with van der Waals surface area (Å²) >= 11 is 0. The van der Waals surface area contributed by atoms with Crippen LogP contribution in [0.25, 0.3) is 11.1 Å². The molecule has 224 valence electrons. The first-order valence-corrected chi connectivity index (χ1v) is 14.5. The van der Waals surface area contributed by atoms with Gasteiger partial charge < -0.3 is 30.7 Å². The summed E-state index contributed by atoms with van der Waals surface area (Å²) < 4.78 is 5.51. The zero-order chi connectivity index (χ0) is 30.4. The summed E-state index contributed by atoms with van der Waals surface area (Å²) in [4.78, 5) is 37.3. The maximum Gasteiger partial charge on any atom is 0.407 e. The van der Waals surface area contributed by atoms with Crippen LogP contribution in [0.15, 0.2) is 84.9 Å². The summed E-state index contributed by atoms with van der Waals surface area (Å²) in [5.41, 5.74) is 3.87. The molecule has 0 bridgehead atoms. The van der Waals surface area contributed by atoms with Crippen LogP contribution in [0.4, 0.5) is 10.5 Å². The molecule has 5 N–H and O–H groups in total. The Morgan fingerprint density at radius 1 is 0.930 bits per heavy atom. The van der Waals surface area contributed by atoms with Crippen LogP contribution in [0.2, 0.25) is 0 Å². The van der Waals surface area contributed by atoms with Gasteiger partial charge >= 0.3 is 12.1 Å². The normalized spacial score (nSPS) is 20.9. The third-order valence-corrected chi connectivity index (χ3v) is 8.18. The summed E-state index contributed by atoms with van der Waals surface area (Å²) in [6.07, 6.45) is 3.89. The summed E-state index contributed by atoms with van der Waals surface area (Å²) in [7, 11) is 0. The van der Waals surface area contributed by atoms with Crippen molar-refractivity contribution in [2.45, 2.75) is 62.2 Å². The van der Waals surface area contributed by atoms with Gasteiger partial charge in [-0.15, -0.1) is 0 Å². The van der Waals surface area contributed by atoms with Crippen LogP contribution < -0.4 is 10.6 Å². The SMILES string of the molecule is O=C(CC1(O)CCCC/C=C/C1O)Nc1ccc(C[C@H](NC(=O)OCC2c3ccccc3-c3ccccc32)C(=O)O)cc1. The molecule has 0 aromatic heterocycles. The number of carboxylic acid groups (broad SMARTS) is 1. The molecule has 0 heterocycles. The fourth-order valence-electron chi connectivity index (χ4n) is 5.86. The number of hydrogen-bond donors (Lipinski definition) is 5.